The minimum atomic E-state index is 1.19. The first-order valence-corrected chi connectivity index (χ1v) is 17.9. The highest BCUT2D eigenvalue weighted by Crippen LogP contribution is 2.46. The van der Waals surface area contributed by atoms with E-state index in [1.165, 1.54) is 115 Å². The lowest BCUT2D eigenvalue weighted by Crippen LogP contribution is -1.98. The number of aryl methyl sites for hydroxylation is 1. The van der Waals surface area contributed by atoms with Crippen LogP contribution in [0.2, 0.25) is 0 Å². The van der Waals surface area contributed by atoms with Crippen molar-refractivity contribution in [1.82, 2.24) is 4.57 Å². The molecule has 0 N–H and O–H groups in total. The van der Waals surface area contributed by atoms with Crippen LogP contribution in [-0.4, -0.2) is 4.57 Å². The van der Waals surface area contributed by atoms with E-state index in [9.17, 15) is 0 Å². The van der Waals surface area contributed by atoms with E-state index < -0.39 is 0 Å². The van der Waals surface area contributed by atoms with Gasteiger partial charge in [-0.1, -0.05) is 146 Å². The number of nitrogens with zero attached hydrogens (tertiary/aromatic N) is 1. The summed E-state index contributed by atoms with van der Waals surface area (Å²) in [4.78, 5) is 0. The molecule has 0 saturated carbocycles. The molecule has 0 unspecified atom stereocenters. The summed E-state index contributed by atoms with van der Waals surface area (Å²) in [5, 5.41) is 16.9. The number of hydrogen-bond acceptors (Lipinski definition) is 0. The topological polar surface area (TPSA) is 4.93 Å². The second-order valence-electron chi connectivity index (χ2n) is 14.1. The summed E-state index contributed by atoms with van der Waals surface area (Å²) in [6, 6.07) is 60.9. The Balaban J connectivity index is 1.15. The Bertz CT molecular complexity index is 3120. The molecule has 11 aromatic rings. The van der Waals surface area contributed by atoms with Gasteiger partial charge >= 0.3 is 0 Å². The molecule has 0 atom stereocenters. The van der Waals surface area contributed by atoms with E-state index in [-0.39, 0.29) is 0 Å². The van der Waals surface area contributed by atoms with Crippen LogP contribution >= 0.6 is 0 Å². The van der Waals surface area contributed by atoms with Crippen molar-refractivity contribution < 1.29 is 0 Å². The normalized spacial score (nSPS) is 12.1. The van der Waals surface area contributed by atoms with Crippen LogP contribution in [0.25, 0.3) is 103 Å². The van der Waals surface area contributed by atoms with Crippen LogP contribution in [0.3, 0.4) is 0 Å². The SMILES string of the molecule is Cc1c(C)n(-c2ccc(-c3c4ccccc4c(-c4cccc5ccccc45)c4ccccc34)cc2)c2c1cc1ccc3cccc4ccc2c1c34. The summed E-state index contributed by atoms with van der Waals surface area (Å²) in [5.74, 6) is 0. The molecule has 0 fully saturated rings. The van der Waals surface area contributed by atoms with Gasteiger partial charge in [0.25, 0.3) is 0 Å². The minimum absolute atomic E-state index is 1.19. The summed E-state index contributed by atoms with van der Waals surface area (Å²) in [6.07, 6.45) is 0. The zero-order valence-corrected chi connectivity index (χ0v) is 28.5. The maximum atomic E-state index is 2.49. The number of benzene rings is 10. The molecule has 0 amide bonds. The fourth-order valence-electron chi connectivity index (χ4n) is 9.13. The van der Waals surface area contributed by atoms with Crippen LogP contribution in [0, 0.1) is 13.8 Å². The molecule has 0 aliphatic carbocycles. The van der Waals surface area contributed by atoms with Gasteiger partial charge in [0.05, 0.1) is 5.52 Å². The molecule has 0 aliphatic heterocycles. The van der Waals surface area contributed by atoms with Crippen LogP contribution < -0.4 is 0 Å². The van der Waals surface area contributed by atoms with E-state index in [1.807, 2.05) is 0 Å². The molecule has 238 valence electrons. The molecule has 11 rings (SSSR count). The summed E-state index contributed by atoms with van der Waals surface area (Å²) in [5.41, 5.74) is 10.2. The maximum absolute atomic E-state index is 2.49. The predicted octanol–water partition coefficient (Wildman–Crippen LogP) is 13.9. The second kappa shape index (κ2) is 10.5. The Hall–Kier alpha value is -6.44. The Morgan fingerprint density at radius 2 is 0.922 bits per heavy atom. The molecule has 10 aromatic carbocycles. The zero-order valence-electron chi connectivity index (χ0n) is 28.5. The summed E-state index contributed by atoms with van der Waals surface area (Å²) >= 11 is 0. The highest BCUT2D eigenvalue weighted by molar-refractivity contribution is 6.29. The molecular weight excluding hydrogens is 615 g/mol. The van der Waals surface area contributed by atoms with Gasteiger partial charge in [0.15, 0.2) is 0 Å². The van der Waals surface area contributed by atoms with Gasteiger partial charge in [-0.2, -0.15) is 0 Å². The molecule has 0 saturated heterocycles. The van der Waals surface area contributed by atoms with Crippen LogP contribution in [0.4, 0.5) is 0 Å². The lowest BCUT2D eigenvalue weighted by Gasteiger charge is -2.19. The van der Waals surface area contributed by atoms with Crippen molar-refractivity contribution in [2.45, 2.75) is 13.8 Å². The van der Waals surface area contributed by atoms with Crippen LogP contribution in [0.5, 0.6) is 0 Å². The molecule has 0 aliphatic rings. The smallest absolute Gasteiger partial charge is 0.0613 e. The number of rotatable bonds is 3. The van der Waals surface area contributed by atoms with Crippen LogP contribution in [0.15, 0.2) is 164 Å². The van der Waals surface area contributed by atoms with E-state index in [0.29, 0.717) is 0 Å². The standard InChI is InChI=1S/C50H33N/c1-30-31(2)51(50-44-28-25-34-14-9-13-33-21-22-36(29-45(30)50)48(44)46(33)34)37-26-23-35(24-27-37)47-40-16-5-7-18-42(40)49(43-19-8-6-17-41(43)47)39-20-10-12-32-11-3-4-15-38(32)39/h3-29H,1-2H3. The van der Waals surface area contributed by atoms with Crippen LogP contribution in [-0.2, 0) is 0 Å². The highest BCUT2D eigenvalue weighted by atomic mass is 15.0. The fourth-order valence-corrected chi connectivity index (χ4v) is 9.13. The van der Waals surface area contributed by atoms with Gasteiger partial charge in [0.1, 0.15) is 0 Å². The molecule has 1 nitrogen and oxygen atoms in total. The van der Waals surface area contributed by atoms with Gasteiger partial charge in [-0.25, -0.2) is 0 Å². The van der Waals surface area contributed by atoms with Crippen molar-refractivity contribution in [2.24, 2.45) is 0 Å². The fraction of sp³-hybridized carbons (Fsp3) is 0.0400. The van der Waals surface area contributed by atoms with Crippen molar-refractivity contribution in [2.75, 3.05) is 0 Å². The Morgan fingerprint density at radius 1 is 0.373 bits per heavy atom. The summed E-state index contributed by atoms with van der Waals surface area (Å²) < 4.78 is 2.49. The third-order valence-electron chi connectivity index (χ3n) is 11.5. The molecule has 1 heteroatoms. The number of aromatic nitrogens is 1. The molecule has 1 heterocycles. The van der Waals surface area contributed by atoms with Gasteiger partial charge in [0.2, 0.25) is 0 Å². The van der Waals surface area contributed by atoms with Crippen molar-refractivity contribution in [3.05, 3.63) is 175 Å². The molecule has 0 spiro atoms. The molecule has 0 radical (unpaired) electrons. The number of hydrogen-bond donors (Lipinski definition) is 0. The first-order chi connectivity index (χ1) is 25.2. The highest BCUT2D eigenvalue weighted by Gasteiger charge is 2.21. The average molecular weight is 648 g/mol. The predicted molar refractivity (Wildman–Crippen MR) is 220 cm³/mol. The van der Waals surface area contributed by atoms with Crippen molar-refractivity contribution in [1.29, 1.82) is 0 Å². The third kappa shape index (κ3) is 3.92. The average Bonchev–Trinajstić information content (AvgIpc) is 3.44. The third-order valence-corrected chi connectivity index (χ3v) is 11.5. The molecular formula is C50H33N. The Labute approximate surface area is 296 Å². The van der Waals surface area contributed by atoms with Crippen molar-refractivity contribution in [3.63, 3.8) is 0 Å². The number of fused-ring (bicyclic) bond motifs is 5. The quantitative estimate of drug-likeness (QED) is 0.133. The second-order valence-corrected chi connectivity index (χ2v) is 14.1. The van der Waals surface area contributed by atoms with E-state index in [1.54, 1.807) is 0 Å². The first kappa shape index (κ1) is 28.4. The largest absolute Gasteiger partial charge is 0.313 e. The van der Waals surface area contributed by atoms with Crippen molar-refractivity contribution >= 4 is 75.5 Å². The Kier molecular flexibility index (Phi) is 5.86. The van der Waals surface area contributed by atoms with E-state index in [4.69, 9.17) is 0 Å². The zero-order chi connectivity index (χ0) is 33.8. The van der Waals surface area contributed by atoms with Gasteiger partial charge in [0, 0.05) is 22.2 Å². The monoisotopic (exact) mass is 647 g/mol. The van der Waals surface area contributed by atoms with Gasteiger partial charge < -0.3 is 4.57 Å². The minimum Gasteiger partial charge on any atom is -0.313 e. The summed E-state index contributed by atoms with van der Waals surface area (Å²) in [7, 11) is 0. The lowest BCUT2D eigenvalue weighted by atomic mass is 9.85. The molecule has 51 heavy (non-hydrogen) atoms. The van der Waals surface area contributed by atoms with Crippen molar-refractivity contribution in [3.8, 4) is 27.9 Å². The van der Waals surface area contributed by atoms with E-state index >= 15 is 0 Å². The first-order valence-electron chi connectivity index (χ1n) is 17.9. The lowest BCUT2D eigenvalue weighted by molar-refractivity contribution is 1.04. The molecule has 1 aromatic heterocycles. The van der Waals surface area contributed by atoms with Gasteiger partial charge in [-0.3, -0.25) is 0 Å². The van der Waals surface area contributed by atoms with Crippen LogP contribution in [0.1, 0.15) is 11.3 Å². The van der Waals surface area contributed by atoms with Gasteiger partial charge in [-0.15, -0.1) is 0 Å². The van der Waals surface area contributed by atoms with E-state index in [0.717, 1.165) is 0 Å². The van der Waals surface area contributed by atoms with Gasteiger partial charge in [-0.05, 0) is 119 Å². The summed E-state index contributed by atoms with van der Waals surface area (Å²) in [6.45, 7) is 4.54. The van der Waals surface area contributed by atoms with E-state index in [2.05, 4.69) is 182 Å². The Morgan fingerprint density at radius 3 is 1.63 bits per heavy atom. The molecule has 0 bridgehead atoms. The maximum Gasteiger partial charge on any atom is 0.0613 e.